The first kappa shape index (κ1) is 19.9. The first-order chi connectivity index (χ1) is 14.1. The third-order valence-electron chi connectivity index (χ3n) is 4.93. The zero-order chi connectivity index (χ0) is 20.8. The van der Waals surface area contributed by atoms with E-state index >= 15 is 0 Å². The number of methoxy groups -OCH3 is 1. The van der Waals surface area contributed by atoms with Crippen molar-refractivity contribution in [2.24, 2.45) is 0 Å². The van der Waals surface area contributed by atoms with Crippen molar-refractivity contribution in [1.82, 2.24) is 0 Å². The van der Waals surface area contributed by atoms with Crippen molar-refractivity contribution >= 4 is 11.6 Å². The number of benzene rings is 1. The van der Waals surface area contributed by atoms with Gasteiger partial charge in [-0.25, -0.2) is 4.98 Å². The fraction of sp³-hybridized carbons (Fsp3) is 0.333. The first-order valence-corrected chi connectivity index (χ1v) is 9.17. The standard InChI is InChI=1S/C21H20N6O2/c1-28-16-4-2-3-14(10-16)9-15(11-22)19-17(12-23)20(25)26-21(18(19)13-24)27-5-7-29-8-6-27/h2-4,10,15H,5-9H2,1H3,(H2,25,26)/p+1/t15-/m0/s1. The van der Waals surface area contributed by atoms with Gasteiger partial charge in [-0.2, -0.15) is 15.8 Å². The molecule has 0 amide bonds. The third kappa shape index (κ3) is 4.06. The van der Waals surface area contributed by atoms with E-state index in [-0.39, 0.29) is 16.9 Å². The van der Waals surface area contributed by atoms with Crippen LogP contribution in [0.5, 0.6) is 5.75 Å². The van der Waals surface area contributed by atoms with E-state index < -0.39 is 5.92 Å². The molecule has 1 saturated heterocycles. The van der Waals surface area contributed by atoms with Crippen LogP contribution in [0.4, 0.5) is 11.6 Å². The minimum absolute atomic E-state index is 0.132. The Hall–Kier alpha value is -3.80. The number of hydrogen-bond donors (Lipinski definition) is 1. The summed E-state index contributed by atoms with van der Waals surface area (Å²) in [6.45, 7) is 2.23. The van der Waals surface area contributed by atoms with Gasteiger partial charge in [0.2, 0.25) is 11.6 Å². The Morgan fingerprint density at radius 2 is 1.93 bits per heavy atom. The van der Waals surface area contributed by atoms with Crippen molar-refractivity contribution in [3.05, 3.63) is 46.5 Å². The van der Waals surface area contributed by atoms with E-state index in [9.17, 15) is 15.8 Å². The number of rotatable bonds is 5. The second-order valence-electron chi connectivity index (χ2n) is 6.61. The van der Waals surface area contributed by atoms with E-state index in [1.54, 1.807) is 7.11 Å². The van der Waals surface area contributed by atoms with Gasteiger partial charge < -0.3 is 15.2 Å². The van der Waals surface area contributed by atoms with Crippen molar-refractivity contribution < 1.29 is 14.5 Å². The molecule has 1 aliphatic rings. The molecule has 0 aliphatic carbocycles. The number of aromatic nitrogens is 1. The summed E-state index contributed by atoms with van der Waals surface area (Å²) in [4.78, 5) is 4.95. The number of hydrogen-bond acceptors (Lipinski definition) is 7. The highest BCUT2D eigenvalue weighted by molar-refractivity contribution is 5.66. The van der Waals surface area contributed by atoms with Crippen LogP contribution in [-0.2, 0) is 11.2 Å². The van der Waals surface area contributed by atoms with E-state index in [0.717, 1.165) is 5.56 Å². The molecule has 2 aromatic rings. The summed E-state index contributed by atoms with van der Waals surface area (Å²) in [6, 6.07) is 13.9. The number of nitrogens with zero attached hydrogens (tertiary/aromatic N) is 4. The SMILES string of the molecule is COc1cccc(C[C@@H](C#N)c2c(C#N)c(N)[nH+]c(N3CCOCC3)c2C#N)c1. The largest absolute Gasteiger partial charge is 0.497 e. The number of morpholine rings is 1. The van der Waals surface area contributed by atoms with Gasteiger partial charge in [0.15, 0.2) is 0 Å². The molecule has 1 fully saturated rings. The maximum Gasteiger partial charge on any atom is 0.240 e. The maximum absolute atomic E-state index is 9.93. The maximum atomic E-state index is 9.93. The van der Waals surface area contributed by atoms with Gasteiger partial charge in [0, 0.05) is 5.56 Å². The summed E-state index contributed by atoms with van der Waals surface area (Å²) in [7, 11) is 1.57. The Balaban J connectivity index is 2.12. The molecule has 0 unspecified atom stereocenters. The summed E-state index contributed by atoms with van der Waals surface area (Å²) in [5, 5.41) is 29.5. The predicted molar refractivity (Wildman–Crippen MR) is 105 cm³/mol. The highest BCUT2D eigenvalue weighted by Gasteiger charge is 2.31. The molecule has 0 radical (unpaired) electrons. The molecular weight excluding hydrogens is 368 g/mol. The van der Waals surface area contributed by atoms with Crippen LogP contribution in [0, 0.1) is 34.0 Å². The average molecular weight is 389 g/mol. The van der Waals surface area contributed by atoms with Gasteiger partial charge in [-0.05, 0) is 24.1 Å². The van der Waals surface area contributed by atoms with Crippen molar-refractivity contribution in [3.63, 3.8) is 0 Å². The van der Waals surface area contributed by atoms with E-state index in [1.807, 2.05) is 29.2 Å². The molecule has 1 aromatic heterocycles. The molecular formula is C21H21N6O2+. The summed E-state index contributed by atoms with van der Waals surface area (Å²) in [5.74, 6) is 0.625. The van der Waals surface area contributed by atoms with Gasteiger partial charge in [0.05, 0.1) is 45.4 Å². The van der Waals surface area contributed by atoms with Crippen LogP contribution < -0.4 is 20.4 Å². The fourth-order valence-electron chi connectivity index (χ4n) is 3.50. The molecule has 8 nitrogen and oxygen atoms in total. The number of pyridine rings is 1. The molecule has 1 atom stereocenters. The summed E-state index contributed by atoms with van der Waals surface area (Å²) < 4.78 is 10.6. The number of nitrogens with one attached hydrogen (secondary N) is 1. The molecule has 3 rings (SSSR count). The highest BCUT2D eigenvalue weighted by atomic mass is 16.5. The molecule has 3 N–H and O–H groups in total. The van der Waals surface area contributed by atoms with E-state index in [1.165, 1.54) is 0 Å². The molecule has 1 aliphatic heterocycles. The minimum Gasteiger partial charge on any atom is -0.497 e. The van der Waals surface area contributed by atoms with Crippen LogP contribution >= 0.6 is 0 Å². The number of aromatic amines is 1. The second-order valence-corrected chi connectivity index (χ2v) is 6.61. The number of ether oxygens (including phenoxy) is 2. The fourth-order valence-corrected chi connectivity index (χ4v) is 3.50. The number of nitrogen functional groups attached to an aromatic ring is 1. The summed E-state index contributed by atoms with van der Waals surface area (Å²) >= 11 is 0. The molecule has 0 saturated carbocycles. The Morgan fingerprint density at radius 1 is 1.21 bits per heavy atom. The lowest BCUT2D eigenvalue weighted by Crippen LogP contribution is -2.41. The second kappa shape index (κ2) is 8.93. The molecule has 2 heterocycles. The molecule has 0 spiro atoms. The normalized spacial score (nSPS) is 14.3. The van der Waals surface area contributed by atoms with E-state index in [0.29, 0.717) is 49.9 Å². The van der Waals surface area contributed by atoms with Crippen LogP contribution in [0.1, 0.15) is 28.2 Å². The minimum atomic E-state index is -0.719. The molecule has 1 aromatic carbocycles. The average Bonchev–Trinajstić information content (AvgIpc) is 2.77. The lowest BCUT2D eigenvalue weighted by Gasteiger charge is -2.26. The topological polar surface area (TPSA) is 133 Å². The van der Waals surface area contributed by atoms with Crippen LogP contribution in [0.25, 0.3) is 0 Å². The zero-order valence-electron chi connectivity index (χ0n) is 16.1. The predicted octanol–water partition coefficient (Wildman–Crippen LogP) is 1.52. The van der Waals surface area contributed by atoms with Crippen molar-refractivity contribution in [2.45, 2.75) is 12.3 Å². The Kier molecular flexibility index (Phi) is 6.14. The third-order valence-corrected chi connectivity index (χ3v) is 4.93. The van der Waals surface area contributed by atoms with Gasteiger partial charge in [-0.15, -0.1) is 0 Å². The van der Waals surface area contributed by atoms with Crippen LogP contribution in [0.15, 0.2) is 24.3 Å². The van der Waals surface area contributed by atoms with Gasteiger partial charge >= 0.3 is 0 Å². The Labute approximate surface area is 169 Å². The van der Waals surface area contributed by atoms with Gasteiger partial charge in [0.1, 0.15) is 29.0 Å². The van der Waals surface area contributed by atoms with Gasteiger partial charge in [0.25, 0.3) is 0 Å². The summed E-state index contributed by atoms with van der Waals surface area (Å²) in [5.41, 5.74) is 7.75. The van der Waals surface area contributed by atoms with Crippen LogP contribution in [0.2, 0.25) is 0 Å². The lowest BCUT2D eigenvalue weighted by molar-refractivity contribution is -0.347. The van der Waals surface area contributed by atoms with Gasteiger partial charge in [-0.3, -0.25) is 4.90 Å². The number of H-pyrrole nitrogens is 1. The quantitative estimate of drug-likeness (QED) is 0.819. The molecule has 8 heteroatoms. The zero-order valence-corrected chi connectivity index (χ0v) is 16.1. The van der Waals surface area contributed by atoms with E-state index in [4.69, 9.17) is 15.2 Å². The van der Waals surface area contributed by atoms with Crippen molar-refractivity contribution in [1.29, 1.82) is 15.8 Å². The highest BCUT2D eigenvalue weighted by Crippen LogP contribution is 2.33. The Bertz CT molecular complexity index is 1030. The monoisotopic (exact) mass is 389 g/mol. The first-order valence-electron chi connectivity index (χ1n) is 9.17. The van der Waals surface area contributed by atoms with Crippen LogP contribution in [0.3, 0.4) is 0 Å². The number of nitriles is 3. The van der Waals surface area contributed by atoms with Gasteiger partial charge in [-0.1, -0.05) is 12.1 Å². The Morgan fingerprint density at radius 3 is 2.55 bits per heavy atom. The number of anilines is 2. The summed E-state index contributed by atoms with van der Waals surface area (Å²) in [6.07, 6.45) is 0.322. The lowest BCUT2D eigenvalue weighted by atomic mass is 9.87. The smallest absolute Gasteiger partial charge is 0.240 e. The molecule has 0 bridgehead atoms. The number of nitrogens with two attached hydrogens (primary N) is 1. The molecule has 146 valence electrons. The van der Waals surface area contributed by atoms with Crippen LogP contribution in [-0.4, -0.2) is 33.4 Å². The van der Waals surface area contributed by atoms with Crippen molar-refractivity contribution in [2.75, 3.05) is 44.0 Å². The molecule has 29 heavy (non-hydrogen) atoms. The van der Waals surface area contributed by atoms with E-state index in [2.05, 4.69) is 23.2 Å². The van der Waals surface area contributed by atoms with Crippen molar-refractivity contribution in [3.8, 4) is 24.0 Å².